The summed E-state index contributed by atoms with van der Waals surface area (Å²) >= 11 is 2.40. The highest BCUT2D eigenvalue weighted by Gasteiger charge is 2.16. The Balaban J connectivity index is 1.70. The van der Waals surface area contributed by atoms with Crippen molar-refractivity contribution in [2.45, 2.75) is 6.92 Å². The van der Waals surface area contributed by atoms with Crippen molar-refractivity contribution < 1.29 is 18.7 Å². The number of hydrogen-bond donors (Lipinski definition) is 1. The van der Waals surface area contributed by atoms with Crippen LogP contribution in [0.15, 0.2) is 35.0 Å². The number of anilines is 1. The van der Waals surface area contributed by atoms with Crippen molar-refractivity contribution in [3.63, 3.8) is 0 Å². The molecule has 1 amide bonds. The molecule has 1 N–H and O–H groups in total. The highest BCUT2D eigenvalue weighted by atomic mass is 32.1. The summed E-state index contributed by atoms with van der Waals surface area (Å²) in [5.74, 6) is -1.31. The highest BCUT2D eigenvalue weighted by molar-refractivity contribution is 7.14. The van der Waals surface area contributed by atoms with Gasteiger partial charge in [0, 0.05) is 16.3 Å². The fourth-order valence-corrected chi connectivity index (χ4v) is 3.38. The Morgan fingerprint density at radius 3 is 2.56 bits per heavy atom. The van der Waals surface area contributed by atoms with Crippen molar-refractivity contribution in [2.75, 3.05) is 11.9 Å². The average molecular weight is 377 g/mol. The van der Waals surface area contributed by atoms with E-state index in [9.17, 15) is 14.0 Å². The second kappa shape index (κ2) is 7.49. The number of halogens is 1. The van der Waals surface area contributed by atoms with Crippen molar-refractivity contribution in [3.05, 3.63) is 52.2 Å². The van der Waals surface area contributed by atoms with Gasteiger partial charge >= 0.3 is 5.97 Å². The van der Waals surface area contributed by atoms with Crippen LogP contribution in [0.4, 0.5) is 9.52 Å². The van der Waals surface area contributed by atoms with Gasteiger partial charge in [0.05, 0.1) is 6.61 Å². The number of nitrogens with zero attached hydrogens (tertiary/aromatic N) is 2. The zero-order valence-electron chi connectivity index (χ0n) is 13.0. The fraction of sp³-hybridized carbons (Fsp3) is 0.125. The van der Waals surface area contributed by atoms with E-state index in [1.54, 1.807) is 24.4 Å². The molecule has 0 fully saturated rings. The first-order valence-electron chi connectivity index (χ1n) is 7.22. The molecule has 3 rings (SSSR count). The molecule has 0 saturated heterocycles. The second-order valence-electron chi connectivity index (χ2n) is 4.76. The number of amides is 1. The third-order valence-electron chi connectivity index (χ3n) is 3.04. The van der Waals surface area contributed by atoms with Crippen molar-refractivity contribution in [2.24, 2.45) is 0 Å². The molecule has 0 aliphatic carbocycles. The maximum atomic E-state index is 13.0. The van der Waals surface area contributed by atoms with Crippen LogP contribution in [0.5, 0.6) is 0 Å². The van der Waals surface area contributed by atoms with Crippen LogP contribution in [0.25, 0.3) is 10.6 Å². The molecule has 2 aromatic heterocycles. The molecule has 3 aromatic rings. The Labute approximate surface area is 150 Å². The molecule has 0 atom stereocenters. The summed E-state index contributed by atoms with van der Waals surface area (Å²) in [5.41, 5.74) is 1.09. The molecule has 0 radical (unpaired) electrons. The zero-order chi connectivity index (χ0) is 17.8. The van der Waals surface area contributed by atoms with Gasteiger partial charge < -0.3 is 4.74 Å². The number of benzene rings is 1. The van der Waals surface area contributed by atoms with E-state index in [1.165, 1.54) is 28.8 Å². The minimum absolute atomic E-state index is 0.146. The number of carbonyl (C=O) groups excluding carboxylic acids is 2. The van der Waals surface area contributed by atoms with E-state index in [0.29, 0.717) is 5.01 Å². The van der Waals surface area contributed by atoms with Crippen molar-refractivity contribution in [1.82, 2.24) is 9.97 Å². The van der Waals surface area contributed by atoms with E-state index < -0.39 is 11.9 Å². The van der Waals surface area contributed by atoms with Crippen LogP contribution in [-0.2, 0) is 4.74 Å². The van der Waals surface area contributed by atoms with Gasteiger partial charge in [-0.3, -0.25) is 10.1 Å². The van der Waals surface area contributed by atoms with Crippen LogP contribution in [0.2, 0.25) is 0 Å². The Morgan fingerprint density at radius 2 is 1.84 bits per heavy atom. The molecule has 1 aromatic carbocycles. The topological polar surface area (TPSA) is 81.2 Å². The summed E-state index contributed by atoms with van der Waals surface area (Å²) in [7, 11) is 0. The van der Waals surface area contributed by atoms with Crippen molar-refractivity contribution >= 4 is 39.7 Å². The predicted octanol–water partition coefficient (Wildman–Crippen LogP) is 3.83. The number of nitrogens with one attached hydrogen (secondary N) is 1. The first kappa shape index (κ1) is 17.2. The Kier molecular flexibility index (Phi) is 5.15. The van der Waals surface area contributed by atoms with Crippen molar-refractivity contribution in [1.29, 1.82) is 0 Å². The van der Waals surface area contributed by atoms with Gasteiger partial charge in [0.15, 0.2) is 10.8 Å². The maximum absolute atomic E-state index is 13.0. The molecule has 0 spiro atoms. The van der Waals surface area contributed by atoms with E-state index in [-0.39, 0.29) is 28.9 Å². The smallest absolute Gasteiger partial charge is 0.357 e. The lowest BCUT2D eigenvalue weighted by Gasteiger charge is -1.99. The fourth-order valence-electron chi connectivity index (χ4n) is 1.89. The quantitative estimate of drug-likeness (QED) is 0.684. The molecule has 25 heavy (non-hydrogen) atoms. The predicted molar refractivity (Wildman–Crippen MR) is 93.5 cm³/mol. The number of rotatable bonds is 5. The van der Waals surface area contributed by atoms with Crippen LogP contribution >= 0.6 is 22.7 Å². The van der Waals surface area contributed by atoms with Gasteiger partial charge in [0.25, 0.3) is 5.91 Å². The molecule has 9 heteroatoms. The first-order valence-corrected chi connectivity index (χ1v) is 8.98. The van der Waals surface area contributed by atoms with Gasteiger partial charge in [-0.25, -0.2) is 19.2 Å². The lowest BCUT2D eigenvalue weighted by atomic mass is 10.2. The third kappa shape index (κ3) is 4.06. The number of hydrogen-bond acceptors (Lipinski definition) is 7. The summed E-state index contributed by atoms with van der Waals surface area (Å²) in [6.07, 6.45) is 0. The normalized spacial score (nSPS) is 10.5. The van der Waals surface area contributed by atoms with E-state index in [4.69, 9.17) is 4.74 Å². The van der Waals surface area contributed by atoms with Crippen LogP contribution in [0.1, 0.15) is 27.9 Å². The summed E-state index contributed by atoms with van der Waals surface area (Å²) in [5, 5.41) is 6.60. The summed E-state index contributed by atoms with van der Waals surface area (Å²) in [6, 6.07) is 5.87. The van der Waals surface area contributed by atoms with E-state index in [0.717, 1.165) is 16.9 Å². The molecule has 128 valence electrons. The molecular formula is C16H12FN3O3S2. The number of aromatic nitrogens is 2. The van der Waals surface area contributed by atoms with Crippen LogP contribution in [-0.4, -0.2) is 28.5 Å². The Morgan fingerprint density at radius 1 is 1.12 bits per heavy atom. The van der Waals surface area contributed by atoms with Crippen LogP contribution < -0.4 is 5.32 Å². The average Bonchev–Trinajstić information content (AvgIpc) is 3.25. The summed E-state index contributed by atoms with van der Waals surface area (Å²) in [4.78, 5) is 32.1. The van der Waals surface area contributed by atoms with E-state index in [1.807, 2.05) is 0 Å². The summed E-state index contributed by atoms with van der Waals surface area (Å²) in [6.45, 7) is 1.96. The van der Waals surface area contributed by atoms with Crippen molar-refractivity contribution in [3.8, 4) is 10.6 Å². The SMILES string of the molecule is CCOC(=O)c1csc(NC(=O)c2csc(-c3ccc(F)cc3)n2)n1. The van der Waals surface area contributed by atoms with Gasteiger partial charge in [-0.1, -0.05) is 0 Å². The Hall–Kier alpha value is -2.65. The molecule has 2 heterocycles. The summed E-state index contributed by atoms with van der Waals surface area (Å²) < 4.78 is 17.8. The van der Waals surface area contributed by atoms with E-state index >= 15 is 0 Å². The Bertz CT molecular complexity index is 906. The van der Waals surface area contributed by atoms with Gasteiger partial charge in [-0.2, -0.15) is 0 Å². The van der Waals surface area contributed by atoms with Gasteiger partial charge in [-0.15, -0.1) is 22.7 Å². The molecule has 0 saturated carbocycles. The minimum atomic E-state index is -0.536. The molecule has 0 unspecified atom stereocenters. The van der Waals surface area contributed by atoms with Gasteiger partial charge in [0.2, 0.25) is 0 Å². The van der Waals surface area contributed by atoms with Gasteiger partial charge in [0.1, 0.15) is 16.5 Å². The number of ether oxygens (including phenoxy) is 1. The highest BCUT2D eigenvalue weighted by Crippen LogP contribution is 2.24. The molecular weight excluding hydrogens is 365 g/mol. The van der Waals surface area contributed by atoms with E-state index in [2.05, 4.69) is 15.3 Å². The lowest BCUT2D eigenvalue weighted by Crippen LogP contribution is -2.12. The minimum Gasteiger partial charge on any atom is -0.461 e. The monoisotopic (exact) mass is 377 g/mol. The largest absolute Gasteiger partial charge is 0.461 e. The standard InChI is InChI=1S/C16H12FN3O3S2/c1-2-23-15(22)12-8-25-16(19-12)20-13(21)11-7-24-14(18-11)9-3-5-10(17)6-4-9/h3-8H,2H2,1H3,(H,19,20,21). The number of thiazole rings is 2. The van der Waals surface area contributed by atoms with Crippen LogP contribution in [0.3, 0.4) is 0 Å². The molecule has 0 aliphatic rings. The molecule has 6 nitrogen and oxygen atoms in total. The number of carbonyl (C=O) groups is 2. The zero-order valence-corrected chi connectivity index (χ0v) is 14.6. The third-order valence-corrected chi connectivity index (χ3v) is 4.69. The maximum Gasteiger partial charge on any atom is 0.357 e. The number of esters is 1. The lowest BCUT2D eigenvalue weighted by molar-refractivity contribution is 0.0520. The first-order chi connectivity index (χ1) is 12.1. The molecule has 0 aliphatic heterocycles. The van der Waals surface area contributed by atoms with Gasteiger partial charge in [-0.05, 0) is 31.2 Å². The van der Waals surface area contributed by atoms with Crippen LogP contribution in [0, 0.1) is 5.82 Å². The molecule has 0 bridgehead atoms. The second-order valence-corrected chi connectivity index (χ2v) is 6.47.